The second kappa shape index (κ2) is 8.39. The van der Waals surface area contributed by atoms with Crippen molar-refractivity contribution >= 4 is 23.1 Å². The van der Waals surface area contributed by atoms with E-state index in [1.807, 2.05) is 68.4 Å². The van der Waals surface area contributed by atoms with Gasteiger partial charge in [0.2, 0.25) is 5.91 Å². The zero-order valence-corrected chi connectivity index (χ0v) is 17.7. The summed E-state index contributed by atoms with van der Waals surface area (Å²) in [6.07, 6.45) is 3.15. The maximum absolute atomic E-state index is 13.0. The Hall–Kier alpha value is -4.00. The number of hydrogen-bond donors (Lipinski definition) is 1. The van der Waals surface area contributed by atoms with Crippen LogP contribution in [0.2, 0.25) is 0 Å². The van der Waals surface area contributed by atoms with Crippen molar-refractivity contribution in [2.75, 3.05) is 18.9 Å². The summed E-state index contributed by atoms with van der Waals surface area (Å²) in [5, 5.41) is 7.28. The van der Waals surface area contributed by atoms with Crippen LogP contribution in [-0.4, -0.2) is 44.9 Å². The van der Waals surface area contributed by atoms with E-state index in [2.05, 4.69) is 15.4 Å². The zero-order valence-electron chi connectivity index (χ0n) is 17.7. The molecule has 0 atom stereocenters. The quantitative estimate of drug-likeness (QED) is 0.541. The minimum Gasteiger partial charge on any atom is -0.332 e. The molecule has 0 bridgehead atoms. The molecule has 7 nitrogen and oxygen atoms in total. The van der Waals surface area contributed by atoms with Gasteiger partial charge in [0.15, 0.2) is 5.65 Å². The van der Waals surface area contributed by atoms with Crippen molar-refractivity contribution < 1.29 is 9.59 Å². The fraction of sp³-hybridized carbons (Fsp3) is 0.167. The highest BCUT2D eigenvalue weighted by Gasteiger charge is 2.21. The number of nitrogens with zero attached hydrogens (tertiary/aromatic N) is 4. The molecule has 0 saturated carbocycles. The fourth-order valence-electron chi connectivity index (χ4n) is 3.55. The van der Waals surface area contributed by atoms with Crippen LogP contribution in [0.1, 0.15) is 21.5 Å². The van der Waals surface area contributed by atoms with Gasteiger partial charge in [0, 0.05) is 24.5 Å². The van der Waals surface area contributed by atoms with E-state index in [-0.39, 0.29) is 18.4 Å². The molecule has 0 aliphatic rings. The van der Waals surface area contributed by atoms with Gasteiger partial charge in [-0.25, -0.2) is 9.50 Å². The first kappa shape index (κ1) is 20.3. The van der Waals surface area contributed by atoms with E-state index in [1.54, 1.807) is 17.8 Å². The Balaban J connectivity index is 1.55. The molecule has 2 aromatic heterocycles. The molecule has 2 heterocycles. The highest BCUT2D eigenvalue weighted by Crippen LogP contribution is 2.22. The molecule has 7 heteroatoms. The number of rotatable bonds is 5. The maximum Gasteiger partial charge on any atom is 0.259 e. The first-order valence-electron chi connectivity index (χ1n) is 9.95. The number of benzene rings is 2. The summed E-state index contributed by atoms with van der Waals surface area (Å²) < 4.78 is 1.65. The van der Waals surface area contributed by atoms with Crippen LogP contribution in [0.15, 0.2) is 67.0 Å². The highest BCUT2D eigenvalue weighted by atomic mass is 16.2. The van der Waals surface area contributed by atoms with Crippen molar-refractivity contribution in [3.05, 3.63) is 83.7 Å². The minimum absolute atomic E-state index is 0.0810. The van der Waals surface area contributed by atoms with Crippen molar-refractivity contribution in [1.82, 2.24) is 19.5 Å². The summed E-state index contributed by atoms with van der Waals surface area (Å²) in [5.41, 5.74) is 5.33. The Labute approximate surface area is 180 Å². The van der Waals surface area contributed by atoms with Crippen molar-refractivity contribution in [2.24, 2.45) is 0 Å². The van der Waals surface area contributed by atoms with E-state index in [0.717, 1.165) is 28.1 Å². The van der Waals surface area contributed by atoms with Gasteiger partial charge >= 0.3 is 0 Å². The number of likely N-dealkylation sites (N-methyl/N-ethyl adjacent to an activating group) is 1. The highest BCUT2D eigenvalue weighted by molar-refractivity contribution is 6.03. The third-order valence-electron chi connectivity index (χ3n) is 5.17. The normalized spacial score (nSPS) is 10.8. The molecule has 1 N–H and O–H groups in total. The van der Waals surface area contributed by atoms with Crippen molar-refractivity contribution in [1.29, 1.82) is 0 Å². The molecule has 0 saturated heterocycles. The van der Waals surface area contributed by atoms with Crippen LogP contribution in [0.3, 0.4) is 0 Å². The number of aromatic nitrogens is 3. The molecule has 0 unspecified atom stereocenters. The Bertz CT molecular complexity index is 1240. The summed E-state index contributed by atoms with van der Waals surface area (Å²) >= 11 is 0. The lowest BCUT2D eigenvalue weighted by molar-refractivity contribution is -0.116. The van der Waals surface area contributed by atoms with Gasteiger partial charge in [-0.1, -0.05) is 48.5 Å². The molecule has 31 heavy (non-hydrogen) atoms. The third-order valence-corrected chi connectivity index (χ3v) is 5.17. The molecule has 2 aromatic carbocycles. The number of amides is 2. The van der Waals surface area contributed by atoms with Gasteiger partial charge in [-0.2, -0.15) is 5.10 Å². The van der Waals surface area contributed by atoms with Crippen LogP contribution in [0.4, 0.5) is 5.69 Å². The zero-order chi connectivity index (χ0) is 22.0. The molecule has 4 rings (SSSR count). The van der Waals surface area contributed by atoms with Gasteiger partial charge in [-0.15, -0.1) is 0 Å². The number of carbonyl (C=O) groups is 2. The van der Waals surface area contributed by atoms with Crippen LogP contribution in [0.25, 0.3) is 16.9 Å². The topological polar surface area (TPSA) is 79.6 Å². The Morgan fingerprint density at radius 2 is 1.71 bits per heavy atom. The number of para-hydroxylation sites is 1. The van der Waals surface area contributed by atoms with Crippen molar-refractivity contribution in [3.63, 3.8) is 0 Å². The molecule has 0 aliphatic carbocycles. The lowest BCUT2D eigenvalue weighted by Crippen LogP contribution is -2.35. The van der Waals surface area contributed by atoms with Gasteiger partial charge in [-0.05, 0) is 31.0 Å². The van der Waals surface area contributed by atoms with Crippen LogP contribution < -0.4 is 5.32 Å². The van der Waals surface area contributed by atoms with Crippen LogP contribution in [0, 0.1) is 13.8 Å². The summed E-state index contributed by atoms with van der Waals surface area (Å²) in [7, 11) is 1.59. The van der Waals surface area contributed by atoms with Crippen molar-refractivity contribution in [3.8, 4) is 11.3 Å². The van der Waals surface area contributed by atoms with Gasteiger partial charge < -0.3 is 10.2 Å². The van der Waals surface area contributed by atoms with Gasteiger partial charge in [0.1, 0.15) is 5.56 Å². The average Bonchev–Trinajstić information content (AvgIpc) is 3.20. The fourth-order valence-corrected chi connectivity index (χ4v) is 3.55. The Kier molecular flexibility index (Phi) is 5.49. The van der Waals surface area contributed by atoms with Crippen molar-refractivity contribution in [2.45, 2.75) is 13.8 Å². The Morgan fingerprint density at radius 1 is 1.00 bits per heavy atom. The predicted octanol–water partition coefficient (Wildman–Crippen LogP) is 3.72. The van der Waals surface area contributed by atoms with E-state index >= 15 is 0 Å². The van der Waals surface area contributed by atoms with Gasteiger partial charge in [0.05, 0.1) is 18.4 Å². The molecular weight excluding hydrogens is 390 g/mol. The van der Waals surface area contributed by atoms with E-state index in [9.17, 15) is 9.59 Å². The monoisotopic (exact) mass is 413 g/mol. The number of aryl methyl sites for hydroxylation is 2. The smallest absolute Gasteiger partial charge is 0.259 e. The lowest BCUT2D eigenvalue weighted by atomic mass is 10.1. The third kappa shape index (κ3) is 4.02. The first-order chi connectivity index (χ1) is 15.0. The molecule has 0 spiro atoms. The predicted molar refractivity (Wildman–Crippen MR) is 120 cm³/mol. The van der Waals surface area contributed by atoms with Crippen LogP contribution >= 0.6 is 0 Å². The number of anilines is 1. The SMILES string of the molecule is Cc1cccc(C)c1NC(=O)CN(C)C(=O)c1cnn2c(-c3ccccc3)ccnc12. The Morgan fingerprint density at radius 3 is 2.42 bits per heavy atom. The van der Waals surface area contributed by atoms with E-state index < -0.39 is 0 Å². The largest absolute Gasteiger partial charge is 0.332 e. The molecular formula is C24H23N5O2. The molecule has 0 aliphatic heterocycles. The summed E-state index contributed by atoms with van der Waals surface area (Å²) in [4.78, 5) is 31.3. The number of carbonyl (C=O) groups excluding carboxylic acids is 2. The summed E-state index contributed by atoms with van der Waals surface area (Å²) in [5.74, 6) is -0.577. The number of fused-ring (bicyclic) bond motifs is 1. The maximum atomic E-state index is 13.0. The van der Waals surface area contributed by atoms with Crippen LogP contribution in [0.5, 0.6) is 0 Å². The van der Waals surface area contributed by atoms with Crippen LogP contribution in [-0.2, 0) is 4.79 Å². The van der Waals surface area contributed by atoms with Gasteiger partial charge in [-0.3, -0.25) is 9.59 Å². The average molecular weight is 413 g/mol. The number of hydrogen-bond acceptors (Lipinski definition) is 4. The summed E-state index contributed by atoms with van der Waals surface area (Å²) in [6, 6.07) is 17.4. The number of nitrogens with one attached hydrogen (secondary N) is 1. The minimum atomic E-state index is -0.315. The first-order valence-corrected chi connectivity index (χ1v) is 9.95. The molecule has 0 radical (unpaired) electrons. The van der Waals surface area contributed by atoms with Gasteiger partial charge in [0.25, 0.3) is 5.91 Å². The van der Waals surface area contributed by atoms with E-state index in [0.29, 0.717) is 11.2 Å². The van der Waals surface area contributed by atoms with E-state index in [4.69, 9.17) is 0 Å². The summed E-state index contributed by atoms with van der Waals surface area (Å²) in [6.45, 7) is 3.79. The molecule has 4 aromatic rings. The molecule has 0 fully saturated rings. The lowest BCUT2D eigenvalue weighted by Gasteiger charge is -2.17. The molecule has 2 amide bonds. The van der Waals surface area contributed by atoms with E-state index in [1.165, 1.54) is 11.1 Å². The second-order valence-corrected chi connectivity index (χ2v) is 7.47. The second-order valence-electron chi connectivity index (χ2n) is 7.47. The standard InChI is InChI=1S/C24H23N5O2/c1-16-8-7-9-17(2)22(16)27-21(30)15-28(3)24(31)19-14-26-29-20(12-13-25-23(19)29)18-10-5-4-6-11-18/h4-14H,15H2,1-3H3,(H,27,30). The molecule has 156 valence electrons.